The fourth-order valence-electron chi connectivity index (χ4n) is 2.48. The van der Waals surface area contributed by atoms with Gasteiger partial charge < -0.3 is 19.7 Å². The van der Waals surface area contributed by atoms with Crippen LogP contribution in [0.5, 0.6) is 0 Å². The lowest BCUT2D eigenvalue weighted by Gasteiger charge is -2.32. The molecule has 1 aliphatic heterocycles. The van der Waals surface area contributed by atoms with Crippen molar-refractivity contribution in [3.8, 4) is 0 Å². The molecule has 7 heteroatoms. The number of carbonyl (C=O) groups is 1. The molecule has 1 saturated heterocycles. The maximum absolute atomic E-state index is 11.4. The van der Waals surface area contributed by atoms with Crippen molar-refractivity contribution in [1.82, 2.24) is 5.32 Å². The standard InChI is InChI=1S/C18H25BClNO4/c1-12(23)21-10-15(19-24-17(2,3)18(4,5)25-19)8-13-6-7-16(20)9-14(13)11-22/h6-9,22H,10-11H2,1-5H3,(H,21,23). The first kappa shape index (κ1) is 20.0. The van der Waals surface area contributed by atoms with Crippen molar-refractivity contribution in [2.75, 3.05) is 6.54 Å². The van der Waals surface area contributed by atoms with E-state index in [2.05, 4.69) is 5.32 Å². The number of benzene rings is 1. The molecule has 1 fully saturated rings. The lowest BCUT2D eigenvalue weighted by Crippen LogP contribution is -2.41. The number of halogens is 1. The zero-order valence-electron chi connectivity index (χ0n) is 15.4. The third-order valence-electron chi connectivity index (χ3n) is 4.71. The average molecular weight is 366 g/mol. The summed E-state index contributed by atoms with van der Waals surface area (Å²) in [7, 11) is -0.584. The van der Waals surface area contributed by atoms with Gasteiger partial charge in [-0.2, -0.15) is 0 Å². The third-order valence-corrected chi connectivity index (χ3v) is 4.95. The highest BCUT2D eigenvalue weighted by atomic mass is 35.5. The molecule has 2 rings (SSSR count). The van der Waals surface area contributed by atoms with E-state index in [1.165, 1.54) is 6.92 Å². The second-order valence-corrected chi connectivity index (χ2v) is 7.65. The van der Waals surface area contributed by atoms with Crippen LogP contribution in [-0.2, 0) is 20.7 Å². The van der Waals surface area contributed by atoms with Crippen LogP contribution in [0.4, 0.5) is 0 Å². The molecule has 0 bridgehead atoms. The van der Waals surface area contributed by atoms with Crippen molar-refractivity contribution >= 4 is 30.7 Å². The molecule has 1 heterocycles. The predicted molar refractivity (Wildman–Crippen MR) is 100 cm³/mol. The van der Waals surface area contributed by atoms with Crippen LogP contribution in [0.2, 0.25) is 5.02 Å². The molecule has 25 heavy (non-hydrogen) atoms. The van der Waals surface area contributed by atoms with Gasteiger partial charge in [0.25, 0.3) is 0 Å². The monoisotopic (exact) mass is 365 g/mol. The predicted octanol–water partition coefficient (Wildman–Crippen LogP) is 2.98. The van der Waals surface area contributed by atoms with Crippen LogP contribution in [0.15, 0.2) is 23.7 Å². The molecule has 1 aliphatic rings. The maximum Gasteiger partial charge on any atom is 0.492 e. The second-order valence-electron chi connectivity index (χ2n) is 7.22. The molecular weight excluding hydrogens is 340 g/mol. The highest BCUT2D eigenvalue weighted by Crippen LogP contribution is 2.38. The third kappa shape index (κ3) is 4.64. The molecule has 0 saturated carbocycles. The zero-order chi connectivity index (χ0) is 18.8. The molecule has 0 unspecified atom stereocenters. The van der Waals surface area contributed by atoms with Crippen LogP contribution < -0.4 is 5.32 Å². The summed E-state index contributed by atoms with van der Waals surface area (Å²) in [6, 6.07) is 5.30. The Morgan fingerprint density at radius 2 is 1.88 bits per heavy atom. The van der Waals surface area contributed by atoms with Gasteiger partial charge >= 0.3 is 7.12 Å². The largest absolute Gasteiger partial charge is 0.492 e. The number of hydrogen-bond acceptors (Lipinski definition) is 4. The van der Waals surface area contributed by atoms with Gasteiger partial charge in [-0.05, 0) is 56.4 Å². The summed E-state index contributed by atoms with van der Waals surface area (Å²) in [6.45, 7) is 9.52. The number of nitrogens with one attached hydrogen (secondary N) is 1. The lowest BCUT2D eigenvalue weighted by atomic mass is 9.76. The van der Waals surface area contributed by atoms with E-state index in [0.29, 0.717) is 17.1 Å². The van der Waals surface area contributed by atoms with Gasteiger partial charge in [-0.3, -0.25) is 4.79 Å². The van der Waals surface area contributed by atoms with Crippen molar-refractivity contribution in [2.24, 2.45) is 0 Å². The molecular formula is C18H25BClNO4. The van der Waals surface area contributed by atoms with Crippen molar-refractivity contribution in [2.45, 2.75) is 52.4 Å². The van der Waals surface area contributed by atoms with E-state index in [9.17, 15) is 9.90 Å². The van der Waals surface area contributed by atoms with Crippen LogP contribution in [-0.4, -0.2) is 35.9 Å². The van der Waals surface area contributed by atoms with Gasteiger partial charge in [-0.1, -0.05) is 23.7 Å². The number of aliphatic hydroxyl groups excluding tert-OH is 1. The van der Waals surface area contributed by atoms with E-state index in [1.807, 2.05) is 39.8 Å². The number of aliphatic hydroxyl groups is 1. The molecule has 136 valence electrons. The Labute approximate surface area is 154 Å². The van der Waals surface area contributed by atoms with E-state index in [0.717, 1.165) is 11.0 Å². The van der Waals surface area contributed by atoms with E-state index in [-0.39, 0.29) is 12.5 Å². The van der Waals surface area contributed by atoms with Crippen molar-refractivity contribution < 1.29 is 19.2 Å². The maximum atomic E-state index is 11.4. The number of amides is 1. The minimum absolute atomic E-state index is 0.136. The molecule has 1 aromatic carbocycles. The summed E-state index contributed by atoms with van der Waals surface area (Å²) in [5.41, 5.74) is 1.32. The molecule has 1 amide bonds. The second kappa shape index (κ2) is 7.50. The van der Waals surface area contributed by atoms with Crippen LogP contribution in [0, 0.1) is 0 Å². The summed E-state index contributed by atoms with van der Waals surface area (Å²) in [4.78, 5) is 11.4. The lowest BCUT2D eigenvalue weighted by molar-refractivity contribution is -0.118. The molecule has 0 atom stereocenters. The Morgan fingerprint density at radius 1 is 1.28 bits per heavy atom. The number of hydrogen-bond donors (Lipinski definition) is 2. The van der Waals surface area contributed by atoms with Crippen molar-refractivity contribution in [1.29, 1.82) is 0 Å². The van der Waals surface area contributed by atoms with Crippen LogP contribution in [0.1, 0.15) is 45.7 Å². The van der Waals surface area contributed by atoms with Gasteiger partial charge in [0.05, 0.1) is 17.8 Å². The Morgan fingerprint density at radius 3 is 2.40 bits per heavy atom. The molecule has 0 spiro atoms. The van der Waals surface area contributed by atoms with Gasteiger partial charge in [0.2, 0.25) is 5.91 Å². The summed E-state index contributed by atoms with van der Waals surface area (Å²) >= 11 is 6.00. The molecule has 5 nitrogen and oxygen atoms in total. The smallest absolute Gasteiger partial charge is 0.400 e. The fourth-order valence-corrected chi connectivity index (χ4v) is 2.67. The van der Waals surface area contributed by atoms with Gasteiger partial charge in [0, 0.05) is 18.5 Å². The van der Waals surface area contributed by atoms with Gasteiger partial charge in [-0.15, -0.1) is 0 Å². The van der Waals surface area contributed by atoms with Gasteiger partial charge in [0.15, 0.2) is 0 Å². The Hall–Kier alpha value is -1.34. The molecule has 1 aromatic rings. The van der Waals surface area contributed by atoms with Crippen molar-refractivity contribution in [3.05, 3.63) is 39.8 Å². The quantitative estimate of drug-likeness (QED) is 0.787. The fraction of sp³-hybridized carbons (Fsp3) is 0.500. The number of rotatable bonds is 5. The first-order valence-electron chi connectivity index (χ1n) is 8.25. The highest BCUT2D eigenvalue weighted by molar-refractivity contribution is 6.56. The minimum Gasteiger partial charge on any atom is -0.400 e. The van der Waals surface area contributed by atoms with Crippen LogP contribution in [0.3, 0.4) is 0 Å². The Bertz CT molecular complexity index is 672. The van der Waals surface area contributed by atoms with E-state index in [1.54, 1.807) is 12.1 Å². The summed E-state index contributed by atoms with van der Waals surface area (Å²) in [6.07, 6.45) is 1.87. The highest BCUT2D eigenvalue weighted by Gasteiger charge is 2.52. The van der Waals surface area contributed by atoms with Gasteiger partial charge in [-0.25, -0.2) is 0 Å². The Kier molecular flexibility index (Phi) is 5.99. The van der Waals surface area contributed by atoms with Crippen LogP contribution in [0.25, 0.3) is 6.08 Å². The molecule has 0 radical (unpaired) electrons. The SMILES string of the molecule is CC(=O)NCC(=Cc1ccc(Cl)cc1CO)B1OC(C)(C)C(C)(C)O1. The van der Waals surface area contributed by atoms with Crippen molar-refractivity contribution in [3.63, 3.8) is 0 Å². The zero-order valence-corrected chi connectivity index (χ0v) is 16.1. The first-order chi connectivity index (χ1) is 11.6. The van der Waals surface area contributed by atoms with Gasteiger partial charge in [0.1, 0.15) is 0 Å². The molecule has 2 N–H and O–H groups in total. The van der Waals surface area contributed by atoms with E-state index >= 15 is 0 Å². The average Bonchev–Trinajstić information content (AvgIpc) is 2.72. The summed E-state index contributed by atoms with van der Waals surface area (Å²) in [5.74, 6) is -0.138. The van der Waals surface area contributed by atoms with Crippen LogP contribution >= 0.6 is 11.6 Å². The normalized spacial score (nSPS) is 19.2. The summed E-state index contributed by atoms with van der Waals surface area (Å²) < 4.78 is 12.2. The Balaban J connectivity index is 2.38. The summed E-state index contributed by atoms with van der Waals surface area (Å²) in [5, 5.41) is 12.9. The topological polar surface area (TPSA) is 67.8 Å². The first-order valence-corrected chi connectivity index (χ1v) is 8.63. The minimum atomic E-state index is -0.584. The molecule has 0 aromatic heterocycles. The van der Waals surface area contributed by atoms with E-state index < -0.39 is 18.3 Å². The molecule has 0 aliphatic carbocycles. The van der Waals surface area contributed by atoms with E-state index in [4.69, 9.17) is 20.9 Å². The number of carbonyl (C=O) groups excluding carboxylic acids is 1.